The predicted molar refractivity (Wildman–Crippen MR) is 100 cm³/mol. The van der Waals surface area contributed by atoms with Crippen LogP contribution in [-0.2, 0) is 22.7 Å². The molecule has 1 atom stereocenters. The van der Waals surface area contributed by atoms with Crippen LogP contribution >= 0.6 is 0 Å². The van der Waals surface area contributed by atoms with E-state index in [1.165, 1.54) is 0 Å². The summed E-state index contributed by atoms with van der Waals surface area (Å²) >= 11 is 0. The van der Waals surface area contributed by atoms with E-state index in [1.807, 2.05) is 54.9 Å². The van der Waals surface area contributed by atoms with Crippen molar-refractivity contribution in [2.75, 3.05) is 13.6 Å². The highest BCUT2D eigenvalue weighted by atomic mass is 16.2. The quantitative estimate of drug-likeness (QED) is 0.737. The van der Waals surface area contributed by atoms with Crippen molar-refractivity contribution in [3.05, 3.63) is 54.1 Å². The summed E-state index contributed by atoms with van der Waals surface area (Å²) in [6.07, 6.45) is 3.62. The van der Waals surface area contributed by atoms with Gasteiger partial charge in [0, 0.05) is 26.0 Å². The Morgan fingerprint density at radius 1 is 1.27 bits per heavy atom. The standard InChI is InChI=1S/C19H27N5O2/c1-14(2)18(20)19(26)22-11-17(25)23(3)13-16-21-9-10-24(16)12-15-7-5-4-6-8-15/h4-10,14,18H,11-13,20H2,1-3H3,(H,22,26)/t18-/m0/s1. The third kappa shape index (κ3) is 5.42. The van der Waals surface area contributed by atoms with Gasteiger partial charge in [0.15, 0.2) is 0 Å². The summed E-state index contributed by atoms with van der Waals surface area (Å²) in [4.78, 5) is 30.0. The average molecular weight is 357 g/mol. The summed E-state index contributed by atoms with van der Waals surface area (Å²) in [5.74, 6) is 0.305. The molecule has 140 valence electrons. The second-order valence-electron chi connectivity index (χ2n) is 6.69. The van der Waals surface area contributed by atoms with Crippen LogP contribution in [0.5, 0.6) is 0 Å². The summed E-state index contributed by atoms with van der Waals surface area (Å²) in [5.41, 5.74) is 6.94. The highest BCUT2D eigenvalue weighted by molar-refractivity contribution is 5.87. The van der Waals surface area contributed by atoms with Crippen molar-refractivity contribution >= 4 is 11.8 Å². The molecule has 0 saturated carbocycles. The van der Waals surface area contributed by atoms with Crippen LogP contribution in [0.2, 0.25) is 0 Å². The second kappa shape index (κ2) is 9.15. The third-order valence-corrected chi connectivity index (χ3v) is 4.24. The molecule has 0 aliphatic heterocycles. The molecular weight excluding hydrogens is 330 g/mol. The predicted octanol–water partition coefficient (Wildman–Crippen LogP) is 0.989. The SMILES string of the molecule is CC(C)[C@H](N)C(=O)NCC(=O)N(C)Cc1nccn1Cc1ccccc1. The van der Waals surface area contributed by atoms with Crippen LogP contribution in [0.3, 0.4) is 0 Å². The largest absolute Gasteiger partial charge is 0.346 e. The highest BCUT2D eigenvalue weighted by Crippen LogP contribution is 2.07. The number of carbonyl (C=O) groups is 2. The molecule has 0 unspecified atom stereocenters. The van der Waals surface area contributed by atoms with Gasteiger partial charge in [-0.15, -0.1) is 0 Å². The molecule has 0 saturated heterocycles. The maximum atomic E-state index is 12.3. The summed E-state index contributed by atoms with van der Waals surface area (Å²) in [5, 5.41) is 2.60. The minimum Gasteiger partial charge on any atom is -0.346 e. The molecule has 7 nitrogen and oxygen atoms in total. The number of benzene rings is 1. The zero-order valence-electron chi connectivity index (χ0n) is 15.6. The Kier molecular flexibility index (Phi) is 6.91. The number of likely N-dealkylation sites (N-methyl/N-ethyl adjacent to an activating group) is 1. The lowest BCUT2D eigenvalue weighted by atomic mass is 10.1. The van der Waals surface area contributed by atoms with Gasteiger partial charge in [0.2, 0.25) is 11.8 Å². The monoisotopic (exact) mass is 357 g/mol. The fourth-order valence-corrected chi connectivity index (χ4v) is 2.43. The van der Waals surface area contributed by atoms with Crippen molar-refractivity contribution < 1.29 is 9.59 Å². The Labute approximate surface area is 154 Å². The number of amides is 2. The molecule has 7 heteroatoms. The molecule has 0 radical (unpaired) electrons. The molecule has 0 aliphatic rings. The summed E-state index contributed by atoms with van der Waals surface area (Å²) in [6.45, 7) is 4.72. The first-order valence-electron chi connectivity index (χ1n) is 8.69. The minimum atomic E-state index is -0.613. The first-order valence-corrected chi connectivity index (χ1v) is 8.69. The highest BCUT2D eigenvalue weighted by Gasteiger charge is 2.19. The van der Waals surface area contributed by atoms with Gasteiger partial charge < -0.3 is 20.5 Å². The van der Waals surface area contributed by atoms with E-state index in [4.69, 9.17) is 5.73 Å². The van der Waals surface area contributed by atoms with Crippen molar-refractivity contribution in [3.63, 3.8) is 0 Å². The molecule has 2 rings (SSSR count). The maximum absolute atomic E-state index is 12.3. The molecule has 2 aromatic rings. The van der Waals surface area contributed by atoms with Crippen molar-refractivity contribution in [2.45, 2.75) is 33.0 Å². The molecule has 2 amide bonds. The molecule has 26 heavy (non-hydrogen) atoms. The van der Waals surface area contributed by atoms with Crippen LogP contribution in [0.15, 0.2) is 42.7 Å². The first kappa shape index (κ1) is 19.7. The molecule has 1 heterocycles. The van der Waals surface area contributed by atoms with E-state index in [-0.39, 0.29) is 24.3 Å². The Morgan fingerprint density at radius 3 is 2.62 bits per heavy atom. The molecule has 0 spiro atoms. The molecule has 0 aliphatic carbocycles. The lowest BCUT2D eigenvalue weighted by Gasteiger charge is -2.20. The fraction of sp³-hybridized carbons (Fsp3) is 0.421. The van der Waals surface area contributed by atoms with Gasteiger partial charge in [-0.1, -0.05) is 44.2 Å². The van der Waals surface area contributed by atoms with Gasteiger partial charge in [-0.3, -0.25) is 9.59 Å². The smallest absolute Gasteiger partial charge is 0.242 e. The van der Waals surface area contributed by atoms with Gasteiger partial charge in [-0.05, 0) is 11.5 Å². The van der Waals surface area contributed by atoms with E-state index in [0.29, 0.717) is 13.1 Å². The minimum absolute atomic E-state index is 0.0216. The van der Waals surface area contributed by atoms with Gasteiger partial charge in [0.25, 0.3) is 0 Å². The average Bonchev–Trinajstić information content (AvgIpc) is 3.06. The van der Waals surface area contributed by atoms with Crippen LogP contribution in [0.25, 0.3) is 0 Å². The van der Waals surface area contributed by atoms with Crippen molar-refractivity contribution in [2.24, 2.45) is 11.7 Å². The van der Waals surface area contributed by atoms with Crippen LogP contribution in [-0.4, -0.2) is 45.9 Å². The zero-order chi connectivity index (χ0) is 19.1. The van der Waals surface area contributed by atoms with E-state index >= 15 is 0 Å². The second-order valence-corrected chi connectivity index (χ2v) is 6.69. The molecule has 1 aromatic carbocycles. The number of aromatic nitrogens is 2. The number of hydrogen-bond acceptors (Lipinski definition) is 4. The number of rotatable bonds is 8. The van der Waals surface area contributed by atoms with Crippen LogP contribution in [0, 0.1) is 5.92 Å². The number of hydrogen-bond donors (Lipinski definition) is 2. The third-order valence-electron chi connectivity index (χ3n) is 4.24. The summed E-state index contributed by atoms with van der Waals surface area (Å²) in [6, 6.07) is 9.44. The van der Waals surface area contributed by atoms with Gasteiger partial charge in [0.1, 0.15) is 5.82 Å². The Hall–Kier alpha value is -2.67. The van der Waals surface area contributed by atoms with Crippen LogP contribution in [0.1, 0.15) is 25.2 Å². The fourth-order valence-electron chi connectivity index (χ4n) is 2.43. The van der Waals surface area contributed by atoms with E-state index in [0.717, 1.165) is 11.4 Å². The van der Waals surface area contributed by atoms with Crippen molar-refractivity contribution in [3.8, 4) is 0 Å². The Bertz CT molecular complexity index is 727. The van der Waals surface area contributed by atoms with Gasteiger partial charge in [0.05, 0.1) is 19.1 Å². The summed E-state index contributed by atoms with van der Waals surface area (Å²) in [7, 11) is 1.69. The number of nitrogens with one attached hydrogen (secondary N) is 1. The van der Waals surface area contributed by atoms with Crippen LogP contribution in [0.4, 0.5) is 0 Å². The van der Waals surface area contributed by atoms with E-state index in [2.05, 4.69) is 10.3 Å². The molecule has 0 fully saturated rings. The number of carbonyl (C=O) groups excluding carboxylic acids is 2. The van der Waals surface area contributed by atoms with E-state index in [1.54, 1.807) is 18.1 Å². The van der Waals surface area contributed by atoms with Crippen LogP contribution < -0.4 is 11.1 Å². The van der Waals surface area contributed by atoms with Gasteiger partial charge in [-0.2, -0.15) is 0 Å². The molecular formula is C19H27N5O2. The topological polar surface area (TPSA) is 93.2 Å². The zero-order valence-corrected chi connectivity index (χ0v) is 15.6. The summed E-state index contributed by atoms with van der Waals surface area (Å²) < 4.78 is 2.01. The van der Waals surface area contributed by atoms with Gasteiger partial charge in [-0.25, -0.2) is 4.98 Å². The number of nitrogens with zero attached hydrogens (tertiary/aromatic N) is 3. The Balaban J connectivity index is 1.89. The lowest BCUT2D eigenvalue weighted by Crippen LogP contribution is -2.47. The van der Waals surface area contributed by atoms with Crippen molar-refractivity contribution in [1.29, 1.82) is 0 Å². The number of imidazole rings is 1. The maximum Gasteiger partial charge on any atom is 0.242 e. The molecule has 0 bridgehead atoms. The Morgan fingerprint density at radius 2 is 1.96 bits per heavy atom. The lowest BCUT2D eigenvalue weighted by molar-refractivity contribution is -0.132. The van der Waals surface area contributed by atoms with E-state index in [9.17, 15) is 9.59 Å². The normalized spacial score (nSPS) is 12.0. The first-order chi connectivity index (χ1) is 12.4. The van der Waals surface area contributed by atoms with Gasteiger partial charge >= 0.3 is 0 Å². The number of nitrogens with two attached hydrogens (primary N) is 1. The van der Waals surface area contributed by atoms with Crippen molar-refractivity contribution in [1.82, 2.24) is 19.8 Å². The van der Waals surface area contributed by atoms with E-state index < -0.39 is 6.04 Å². The molecule has 1 aromatic heterocycles. The molecule has 3 N–H and O–H groups in total.